The standard InChI is InChI=1S/C11H11ClF2O2/c1-11(2,5-10(15)16)6-3-8(13)9(14)4-7(6)12/h3-4H,5H2,1-2H3,(H,15,16). The fourth-order valence-electron chi connectivity index (χ4n) is 1.51. The summed E-state index contributed by atoms with van der Waals surface area (Å²) in [5.74, 6) is -3.09. The van der Waals surface area contributed by atoms with Crippen molar-refractivity contribution in [2.75, 3.05) is 0 Å². The van der Waals surface area contributed by atoms with E-state index in [2.05, 4.69) is 0 Å². The minimum absolute atomic E-state index is 0.0325. The van der Waals surface area contributed by atoms with E-state index < -0.39 is 23.0 Å². The SMILES string of the molecule is CC(C)(CC(=O)O)c1cc(F)c(F)cc1Cl. The summed E-state index contributed by atoms with van der Waals surface area (Å²) < 4.78 is 25.9. The van der Waals surface area contributed by atoms with Crippen LogP contribution in [0, 0.1) is 11.6 Å². The van der Waals surface area contributed by atoms with Crippen LogP contribution < -0.4 is 0 Å². The lowest BCUT2D eigenvalue weighted by Gasteiger charge is -2.24. The topological polar surface area (TPSA) is 37.3 Å². The Morgan fingerprint density at radius 3 is 2.38 bits per heavy atom. The highest BCUT2D eigenvalue weighted by atomic mass is 35.5. The lowest BCUT2D eigenvalue weighted by Crippen LogP contribution is -2.22. The molecule has 1 N–H and O–H groups in total. The molecule has 0 bridgehead atoms. The monoisotopic (exact) mass is 248 g/mol. The predicted octanol–water partition coefficient (Wildman–Crippen LogP) is 3.37. The molecule has 0 fully saturated rings. The maximum atomic E-state index is 13.0. The molecule has 0 atom stereocenters. The summed E-state index contributed by atoms with van der Waals surface area (Å²) in [6, 6.07) is 1.80. The van der Waals surface area contributed by atoms with Crippen molar-refractivity contribution < 1.29 is 18.7 Å². The average Bonchev–Trinajstić information content (AvgIpc) is 2.08. The van der Waals surface area contributed by atoms with E-state index in [0.29, 0.717) is 0 Å². The molecule has 0 amide bonds. The molecule has 0 spiro atoms. The summed E-state index contributed by atoms with van der Waals surface area (Å²) in [7, 11) is 0. The third kappa shape index (κ3) is 2.70. The molecule has 0 aliphatic carbocycles. The molecule has 1 aromatic carbocycles. The molecule has 1 rings (SSSR count). The zero-order valence-electron chi connectivity index (χ0n) is 8.85. The molecule has 88 valence electrons. The first-order valence-corrected chi connectivity index (χ1v) is 4.98. The Morgan fingerprint density at radius 1 is 1.38 bits per heavy atom. The van der Waals surface area contributed by atoms with Gasteiger partial charge in [-0.15, -0.1) is 0 Å². The van der Waals surface area contributed by atoms with E-state index >= 15 is 0 Å². The summed E-state index contributed by atoms with van der Waals surface area (Å²) >= 11 is 5.77. The van der Waals surface area contributed by atoms with E-state index in [0.717, 1.165) is 12.1 Å². The molecule has 0 aromatic heterocycles. The number of benzene rings is 1. The fourth-order valence-corrected chi connectivity index (χ4v) is 1.92. The van der Waals surface area contributed by atoms with Gasteiger partial charge in [0.1, 0.15) is 0 Å². The Morgan fingerprint density at radius 2 is 1.88 bits per heavy atom. The van der Waals surface area contributed by atoms with Gasteiger partial charge in [0, 0.05) is 10.4 Å². The summed E-state index contributed by atoms with van der Waals surface area (Å²) in [4.78, 5) is 10.6. The number of hydrogen-bond acceptors (Lipinski definition) is 1. The maximum absolute atomic E-state index is 13.0. The third-order valence-corrected chi connectivity index (χ3v) is 2.64. The van der Waals surface area contributed by atoms with Gasteiger partial charge in [-0.25, -0.2) is 8.78 Å². The highest BCUT2D eigenvalue weighted by Gasteiger charge is 2.27. The van der Waals surface area contributed by atoms with Crippen LogP contribution in [0.1, 0.15) is 25.8 Å². The average molecular weight is 249 g/mol. The number of hydrogen-bond donors (Lipinski definition) is 1. The van der Waals surface area contributed by atoms with Crippen molar-refractivity contribution in [1.82, 2.24) is 0 Å². The maximum Gasteiger partial charge on any atom is 0.304 e. The molecular formula is C11H11ClF2O2. The Kier molecular flexibility index (Phi) is 3.53. The summed E-state index contributed by atoms with van der Waals surface area (Å²) in [6.45, 7) is 3.22. The zero-order chi connectivity index (χ0) is 12.5. The van der Waals surface area contributed by atoms with Gasteiger partial charge >= 0.3 is 5.97 Å². The van der Waals surface area contributed by atoms with Crippen LogP contribution in [0.2, 0.25) is 5.02 Å². The minimum atomic E-state index is -1.04. The Balaban J connectivity index is 3.22. The Hall–Kier alpha value is -1.16. The van der Waals surface area contributed by atoms with Crippen LogP contribution in [0.3, 0.4) is 0 Å². The van der Waals surface area contributed by atoms with Crippen LogP contribution >= 0.6 is 11.6 Å². The first-order valence-electron chi connectivity index (χ1n) is 4.61. The van der Waals surface area contributed by atoms with Crippen molar-refractivity contribution in [3.8, 4) is 0 Å². The van der Waals surface area contributed by atoms with Crippen molar-refractivity contribution in [2.24, 2.45) is 0 Å². The summed E-state index contributed by atoms with van der Waals surface area (Å²) in [5.41, 5.74) is -0.562. The van der Waals surface area contributed by atoms with Gasteiger partial charge in [0.15, 0.2) is 11.6 Å². The van der Waals surface area contributed by atoms with Crippen LogP contribution in [0.25, 0.3) is 0 Å². The normalized spacial score (nSPS) is 11.6. The van der Waals surface area contributed by atoms with Gasteiger partial charge < -0.3 is 5.11 Å². The van der Waals surface area contributed by atoms with Crippen molar-refractivity contribution in [3.05, 3.63) is 34.4 Å². The zero-order valence-corrected chi connectivity index (χ0v) is 9.61. The van der Waals surface area contributed by atoms with Crippen LogP contribution in [0.15, 0.2) is 12.1 Å². The van der Waals surface area contributed by atoms with Gasteiger partial charge in [-0.05, 0) is 17.7 Å². The molecule has 0 saturated carbocycles. The second kappa shape index (κ2) is 4.37. The molecule has 16 heavy (non-hydrogen) atoms. The van der Waals surface area contributed by atoms with E-state index in [1.54, 1.807) is 13.8 Å². The van der Waals surface area contributed by atoms with Crippen molar-refractivity contribution in [3.63, 3.8) is 0 Å². The molecule has 0 unspecified atom stereocenters. The Labute approximate surface area is 96.8 Å². The van der Waals surface area contributed by atoms with E-state index in [9.17, 15) is 13.6 Å². The summed E-state index contributed by atoms with van der Waals surface area (Å²) in [5, 5.41) is 8.75. The van der Waals surface area contributed by atoms with Crippen LogP contribution in [0.4, 0.5) is 8.78 Å². The number of carbonyl (C=O) groups is 1. The van der Waals surface area contributed by atoms with Crippen molar-refractivity contribution in [1.29, 1.82) is 0 Å². The lowest BCUT2D eigenvalue weighted by atomic mass is 9.81. The van der Waals surface area contributed by atoms with E-state index in [1.165, 1.54) is 0 Å². The van der Waals surface area contributed by atoms with Crippen molar-refractivity contribution in [2.45, 2.75) is 25.7 Å². The molecule has 0 saturated heterocycles. The number of aliphatic carboxylic acids is 1. The predicted molar refractivity (Wildman–Crippen MR) is 56.6 cm³/mol. The largest absolute Gasteiger partial charge is 0.481 e. The first kappa shape index (κ1) is 12.9. The number of rotatable bonds is 3. The van der Waals surface area contributed by atoms with Crippen LogP contribution in [0.5, 0.6) is 0 Å². The molecule has 0 heterocycles. The van der Waals surface area contributed by atoms with Gasteiger partial charge in [0.05, 0.1) is 6.42 Å². The molecule has 5 heteroatoms. The van der Waals surface area contributed by atoms with Gasteiger partial charge in [0.25, 0.3) is 0 Å². The molecule has 0 aliphatic heterocycles. The van der Waals surface area contributed by atoms with Gasteiger partial charge in [-0.1, -0.05) is 25.4 Å². The second-order valence-corrected chi connectivity index (χ2v) is 4.61. The highest BCUT2D eigenvalue weighted by molar-refractivity contribution is 6.31. The van der Waals surface area contributed by atoms with Gasteiger partial charge in [-0.3, -0.25) is 4.79 Å². The first-order chi connectivity index (χ1) is 7.24. The smallest absolute Gasteiger partial charge is 0.304 e. The van der Waals surface area contributed by atoms with Crippen LogP contribution in [-0.2, 0) is 10.2 Å². The summed E-state index contributed by atoms with van der Waals surface area (Å²) in [6.07, 6.45) is -0.211. The van der Waals surface area contributed by atoms with Crippen molar-refractivity contribution >= 4 is 17.6 Å². The minimum Gasteiger partial charge on any atom is -0.481 e. The highest BCUT2D eigenvalue weighted by Crippen LogP contribution is 2.34. The van der Waals surface area contributed by atoms with Gasteiger partial charge in [-0.2, -0.15) is 0 Å². The van der Waals surface area contributed by atoms with E-state index in [4.69, 9.17) is 16.7 Å². The quantitative estimate of drug-likeness (QED) is 0.833. The molecule has 0 radical (unpaired) electrons. The number of carboxylic acids is 1. The van der Waals surface area contributed by atoms with E-state index in [1.807, 2.05) is 0 Å². The molecule has 1 aromatic rings. The second-order valence-electron chi connectivity index (χ2n) is 4.20. The molecular weight excluding hydrogens is 238 g/mol. The number of carboxylic acid groups (broad SMARTS) is 1. The molecule has 2 nitrogen and oxygen atoms in total. The van der Waals surface area contributed by atoms with E-state index in [-0.39, 0.29) is 17.0 Å². The third-order valence-electron chi connectivity index (χ3n) is 2.33. The number of halogens is 3. The Bertz CT molecular complexity index is 430. The lowest BCUT2D eigenvalue weighted by molar-refractivity contribution is -0.138. The fraction of sp³-hybridized carbons (Fsp3) is 0.364. The van der Waals surface area contributed by atoms with Gasteiger partial charge in [0.2, 0.25) is 0 Å². The van der Waals surface area contributed by atoms with Crippen LogP contribution in [-0.4, -0.2) is 11.1 Å². The molecule has 0 aliphatic rings.